The Hall–Kier alpha value is -0.450. The number of fused-ring (bicyclic) bond motifs is 5. The van der Waals surface area contributed by atoms with Gasteiger partial charge in [-0.1, -0.05) is 0 Å². The van der Waals surface area contributed by atoms with Crippen molar-refractivity contribution in [1.29, 1.82) is 0 Å². The van der Waals surface area contributed by atoms with Gasteiger partial charge in [-0.15, -0.1) is 0 Å². The first-order valence-electron chi connectivity index (χ1n) is 5.07. The van der Waals surface area contributed by atoms with E-state index in [2.05, 4.69) is 0 Å². The fourth-order valence-electron chi connectivity index (χ4n) is 2.86. The minimum atomic E-state index is -0.520. The van der Waals surface area contributed by atoms with E-state index in [1.165, 1.54) is 0 Å². The molecule has 3 rings (SSSR count). The van der Waals surface area contributed by atoms with Crippen molar-refractivity contribution in [2.24, 2.45) is 5.92 Å². The summed E-state index contributed by atoms with van der Waals surface area (Å²) in [5, 5.41) is 0. The Morgan fingerprint density at radius 3 is 2.71 bits per heavy atom. The molecule has 0 aromatic rings. The number of hydrogen-bond acceptors (Lipinski definition) is 4. The van der Waals surface area contributed by atoms with Crippen LogP contribution >= 0.6 is 0 Å². The highest BCUT2D eigenvalue weighted by Crippen LogP contribution is 2.49. The first-order chi connectivity index (χ1) is 6.61. The summed E-state index contributed by atoms with van der Waals surface area (Å²) in [6, 6.07) is 0. The van der Waals surface area contributed by atoms with Crippen molar-refractivity contribution in [1.82, 2.24) is 0 Å². The van der Waals surface area contributed by atoms with E-state index in [9.17, 15) is 4.79 Å². The molecule has 4 heteroatoms. The minimum absolute atomic E-state index is 0.0335. The zero-order chi connectivity index (χ0) is 9.92. The van der Waals surface area contributed by atoms with E-state index in [1.807, 2.05) is 13.8 Å². The monoisotopic (exact) mass is 198 g/mol. The van der Waals surface area contributed by atoms with Crippen LogP contribution in [0.3, 0.4) is 0 Å². The van der Waals surface area contributed by atoms with Gasteiger partial charge in [0.15, 0.2) is 5.79 Å². The second kappa shape index (κ2) is 2.56. The van der Waals surface area contributed by atoms with Crippen LogP contribution in [0.4, 0.5) is 0 Å². The Balaban J connectivity index is 1.85. The molecule has 0 N–H and O–H groups in total. The largest absolute Gasteiger partial charge is 0.364 e. The second-order valence-corrected chi connectivity index (χ2v) is 4.74. The lowest BCUT2D eigenvalue weighted by atomic mass is 10.00. The standard InChI is InChI=1S/C10H14O4/c1-10(2)13-8-5-3-6(9(8)14-10)12-7(5)4-11/h4-9H,3H2,1-2H3. The van der Waals surface area contributed by atoms with Gasteiger partial charge in [-0.05, 0) is 20.3 Å². The second-order valence-electron chi connectivity index (χ2n) is 4.74. The van der Waals surface area contributed by atoms with Gasteiger partial charge < -0.3 is 19.0 Å². The molecule has 2 heterocycles. The maximum absolute atomic E-state index is 10.7. The molecule has 1 saturated carbocycles. The normalized spacial score (nSPS) is 53.4. The van der Waals surface area contributed by atoms with Crippen LogP contribution in [0.2, 0.25) is 0 Å². The first kappa shape index (κ1) is 8.83. The quantitative estimate of drug-likeness (QED) is 0.575. The summed E-state index contributed by atoms with van der Waals surface area (Å²) in [5.74, 6) is -0.322. The van der Waals surface area contributed by atoms with E-state index in [0.29, 0.717) is 0 Å². The third-order valence-corrected chi connectivity index (χ3v) is 3.34. The van der Waals surface area contributed by atoms with E-state index in [0.717, 1.165) is 12.7 Å². The highest BCUT2D eigenvalue weighted by molar-refractivity contribution is 5.58. The summed E-state index contributed by atoms with van der Waals surface area (Å²) in [7, 11) is 0. The Morgan fingerprint density at radius 2 is 2.00 bits per heavy atom. The Morgan fingerprint density at radius 1 is 1.29 bits per heavy atom. The van der Waals surface area contributed by atoms with Gasteiger partial charge in [-0.2, -0.15) is 0 Å². The van der Waals surface area contributed by atoms with Crippen LogP contribution < -0.4 is 0 Å². The first-order valence-corrected chi connectivity index (χ1v) is 5.07. The molecule has 0 spiro atoms. The molecule has 4 nitrogen and oxygen atoms in total. The van der Waals surface area contributed by atoms with Gasteiger partial charge in [0.2, 0.25) is 0 Å². The molecule has 1 aliphatic carbocycles. The molecule has 3 aliphatic rings. The number of aldehydes is 1. The molecule has 5 unspecified atom stereocenters. The number of carbonyl (C=O) groups excluding carboxylic acids is 1. The highest BCUT2D eigenvalue weighted by Gasteiger charge is 2.61. The number of ether oxygens (including phenoxy) is 3. The molecule has 3 fully saturated rings. The Bertz CT molecular complexity index is 275. The molecule has 0 aromatic carbocycles. The van der Waals surface area contributed by atoms with Crippen molar-refractivity contribution in [3.8, 4) is 0 Å². The van der Waals surface area contributed by atoms with Gasteiger partial charge in [0, 0.05) is 5.92 Å². The zero-order valence-electron chi connectivity index (χ0n) is 8.30. The molecule has 5 atom stereocenters. The molecule has 0 radical (unpaired) electrons. The van der Waals surface area contributed by atoms with Crippen LogP contribution in [0.5, 0.6) is 0 Å². The smallest absolute Gasteiger partial charge is 0.163 e. The van der Waals surface area contributed by atoms with E-state index >= 15 is 0 Å². The molecular weight excluding hydrogens is 184 g/mol. The van der Waals surface area contributed by atoms with Gasteiger partial charge in [-0.25, -0.2) is 0 Å². The zero-order valence-corrected chi connectivity index (χ0v) is 8.30. The summed E-state index contributed by atoms with van der Waals surface area (Å²) in [4.78, 5) is 10.7. The maximum Gasteiger partial charge on any atom is 0.163 e. The Labute approximate surface area is 82.5 Å². The van der Waals surface area contributed by atoms with Gasteiger partial charge >= 0.3 is 0 Å². The minimum Gasteiger partial charge on any atom is -0.364 e. The van der Waals surface area contributed by atoms with Crippen LogP contribution in [0, 0.1) is 5.92 Å². The summed E-state index contributed by atoms with van der Waals surface area (Å²) < 4.78 is 17.1. The lowest BCUT2D eigenvalue weighted by Crippen LogP contribution is -2.41. The lowest BCUT2D eigenvalue weighted by Gasteiger charge is -2.25. The third kappa shape index (κ3) is 1.02. The summed E-state index contributed by atoms with van der Waals surface area (Å²) in [5.41, 5.74) is 0. The molecule has 2 saturated heterocycles. The van der Waals surface area contributed by atoms with Gasteiger partial charge in [0.25, 0.3) is 0 Å². The molecule has 0 aromatic heterocycles. The average molecular weight is 198 g/mol. The van der Waals surface area contributed by atoms with Crippen molar-refractivity contribution in [2.45, 2.75) is 50.5 Å². The fraction of sp³-hybridized carbons (Fsp3) is 0.900. The predicted molar refractivity (Wildman–Crippen MR) is 46.7 cm³/mol. The van der Waals surface area contributed by atoms with Crippen molar-refractivity contribution < 1.29 is 19.0 Å². The molecule has 2 aliphatic heterocycles. The molecular formula is C10H14O4. The van der Waals surface area contributed by atoms with E-state index in [-0.39, 0.29) is 30.3 Å². The van der Waals surface area contributed by atoms with Crippen LogP contribution in [-0.2, 0) is 19.0 Å². The molecule has 78 valence electrons. The van der Waals surface area contributed by atoms with Crippen molar-refractivity contribution in [3.63, 3.8) is 0 Å². The van der Waals surface area contributed by atoms with Crippen molar-refractivity contribution in [3.05, 3.63) is 0 Å². The SMILES string of the molecule is CC1(C)OC2C3CC(C(C=O)O3)C2O1. The van der Waals surface area contributed by atoms with Crippen molar-refractivity contribution in [2.75, 3.05) is 0 Å². The molecule has 0 amide bonds. The molecule has 2 bridgehead atoms. The summed E-state index contributed by atoms with van der Waals surface area (Å²) >= 11 is 0. The van der Waals surface area contributed by atoms with Crippen LogP contribution in [0.15, 0.2) is 0 Å². The topological polar surface area (TPSA) is 44.8 Å². The van der Waals surface area contributed by atoms with E-state index in [1.54, 1.807) is 0 Å². The lowest BCUT2D eigenvalue weighted by molar-refractivity contribution is -0.158. The highest BCUT2D eigenvalue weighted by atomic mass is 16.8. The summed E-state index contributed by atoms with van der Waals surface area (Å²) in [6.45, 7) is 3.81. The average Bonchev–Trinajstić information content (AvgIpc) is 2.70. The van der Waals surface area contributed by atoms with E-state index < -0.39 is 5.79 Å². The molecule has 14 heavy (non-hydrogen) atoms. The van der Waals surface area contributed by atoms with Gasteiger partial charge in [-0.3, -0.25) is 0 Å². The van der Waals surface area contributed by atoms with E-state index in [4.69, 9.17) is 14.2 Å². The van der Waals surface area contributed by atoms with Crippen molar-refractivity contribution >= 4 is 6.29 Å². The number of rotatable bonds is 1. The third-order valence-electron chi connectivity index (χ3n) is 3.34. The predicted octanol–water partition coefficient (Wildman–Crippen LogP) is 0.493. The Kier molecular flexibility index (Phi) is 1.62. The number of hydrogen-bond donors (Lipinski definition) is 0. The fourth-order valence-corrected chi connectivity index (χ4v) is 2.86. The van der Waals surface area contributed by atoms with Crippen LogP contribution in [0.25, 0.3) is 0 Å². The van der Waals surface area contributed by atoms with Gasteiger partial charge in [0.1, 0.15) is 18.5 Å². The van der Waals surface area contributed by atoms with Gasteiger partial charge in [0.05, 0.1) is 12.2 Å². The van der Waals surface area contributed by atoms with Crippen LogP contribution in [-0.4, -0.2) is 36.5 Å². The summed E-state index contributed by atoms with van der Waals surface area (Å²) in [6.07, 6.45) is 1.65. The number of carbonyl (C=O) groups is 1. The maximum atomic E-state index is 10.7. The van der Waals surface area contributed by atoms with Crippen LogP contribution in [0.1, 0.15) is 20.3 Å².